The number of hydrogen-bond donors (Lipinski definition) is 1. The van der Waals surface area contributed by atoms with Crippen LogP contribution in [-0.4, -0.2) is 21.1 Å². The van der Waals surface area contributed by atoms with Gasteiger partial charge in [0.25, 0.3) is 0 Å². The van der Waals surface area contributed by atoms with Crippen LogP contribution in [0.25, 0.3) is 0 Å². The van der Waals surface area contributed by atoms with E-state index in [1.807, 2.05) is 12.1 Å². The molecule has 0 bridgehead atoms. The molecule has 120 valence electrons. The number of rotatable bonds is 5. The van der Waals surface area contributed by atoms with Gasteiger partial charge in [-0.05, 0) is 42.2 Å². The second-order valence-corrected chi connectivity index (χ2v) is 7.53. The summed E-state index contributed by atoms with van der Waals surface area (Å²) in [4.78, 5) is 11.9. The van der Waals surface area contributed by atoms with Gasteiger partial charge in [0.2, 0.25) is 5.91 Å². The first-order chi connectivity index (χ1) is 11.1. The van der Waals surface area contributed by atoms with Crippen LogP contribution in [0.5, 0.6) is 0 Å². The van der Waals surface area contributed by atoms with Crippen molar-refractivity contribution in [1.29, 1.82) is 0 Å². The molecule has 1 amide bonds. The minimum absolute atomic E-state index is 0.0920. The molecular formula is C18H18FNO2S. The number of benzene rings is 2. The molecule has 0 spiro atoms. The Bertz CT molecular complexity index is 722. The molecule has 2 aromatic carbocycles. The number of anilines is 1. The first-order valence-corrected chi connectivity index (χ1v) is 8.99. The van der Waals surface area contributed by atoms with Crippen molar-refractivity contribution in [3.63, 3.8) is 0 Å². The van der Waals surface area contributed by atoms with E-state index in [1.54, 1.807) is 12.1 Å². The van der Waals surface area contributed by atoms with Crippen LogP contribution < -0.4 is 5.32 Å². The summed E-state index contributed by atoms with van der Waals surface area (Å²) in [6.07, 6.45) is 1.80. The predicted octanol–water partition coefficient (Wildman–Crippen LogP) is 3.07. The molecule has 1 N–H and O–H groups in total. The molecule has 3 nitrogen and oxygen atoms in total. The highest BCUT2D eigenvalue weighted by molar-refractivity contribution is 7.85. The van der Waals surface area contributed by atoms with E-state index in [4.69, 9.17) is 0 Å². The monoisotopic (exact) mass is 331 g/mol. The Morgan fingerprint density at radius 2 is 1.83 bits per heavy atom. The standard InChI is InChI=1S/C18H18FNO2S/c19-15-6-3-7-16(12-15)20-18(21)8-9-23(22)17-10-13-4-1-2-5-14(13)11-17/h1-7,12,17H,8-11H2,(H,20,21)/t23-/m1/s1. The molecular weight excluding hydrogens is 313 g/mol. The largest absolute Gasteiger partial charge is 0.326 e. The van der Waals surface area contributed by atoms with E-state index < -0.39 is 16.6 Å². The maximum atomic E-state index is 13.1. The highest BCUT2D eigenvalue weighted by Crippen LogP contribution is 2.25. The third-order valence-electron chi connectivity index (χ3n) is 4.02. The van der Waals surface area contributed by atoms with E-state index in [2.05, 4.69) is 17.4 Å². The van der Waals surface area contributed by atoms with Gasteiger partial charge in [0.05, 0.1) is 0 Å². The minimum Gasteiger partial charge on any atom is -0.326 e. The zero-order chi connectivity index (χ0) is 16.2. The van der Waals surface area contributed by atoms with E-state index in [0.29, 0.717) is 11.4 Å². The normalized spacial score (nSPS) is 15.2. The van der Waals surface area contributed by atoms with Gasteiger partial charge in [-0.15, -0.1) is 0 Å². The van der Waals surface area contributed by atoms with Crippen molar-refractivity contribution >= 4 is 22.4 Å². The third-order valence-corrected chi connectivity index (χ3v) is 5.71. The van der Waals surface area contributed by atoms with Gasteiger partial charge in [-0.1, -0.05) is 30.3 Å². The van der Waals surface area contributed by atoms with Crippen molar-refractivity contribution in [2.24, 2.45) is 0 Å². The van der Waals surface area contributed by atoms with Crippen LogP contribution in [0.1, 0.15) is 17.5 Å². The van der Waals surface area contributed by atoms with Crippen molar-refractivity contribution in [3.8, 4) is 0 Å². The maximum Gasteiger partial charge on any atom is 0.225 e. The zero-order valence-corrected chi connectivity index (χ0v) is 13.4. The lowest BCUT2D eigenvalue weighted by molar-refractivity contribution is -0.115. The lowest BCUT2D eigenvalue weighted by atomic mass is 10.1. The molecule has 0 unspecified atom stereocenters. The molecule has 2 aromatic rings. The topological polar surface area (TPSA) is 46.2 Å². The Hall–Kier alpha value is -2.01. The first kappa shape index (κ1) is 15.9. The average Bonchev–Trinajstić information content (AvgIpc) is 2.97. The zero-order valence-electron chi connectivity index (χ0n) is 12.6. The molecule has 0 heterocycles. The van der Waals surface area contributed by atoms with Crippen LogP contribution in [0.4, 0.5) is 10.1 Å². The average molecular weight is 331 g/mol. The van der Waals surface area contributed by atoms with Gasteiger partial charge < -0.3 is 5.32 Å². The number of amides is 1. The van der Waals surface area contributed by atoms with Gasteiger partial charge in [0.15, 0.2) is 0 Å². The molecule has 23 heavy (non-hydrogen) atoms. The second-order valence-electron chi connectivity index (χ2n) is 5.69. The Labute approximate surface area is 137 Å². The summed E-state index contributed by atoms with van der Waals surface area (Å²) in [6.45, 7) is 0. The highest BCUT2D eigenvalue weighted by atomic mass is 32.2. The van der Waals surface area contributed by atoms with E-state index in [-0.39, 0.29) is 17.6 Å². The van der Waals surface area contributed by atoms with E-state index in [0.717, 1.165) is 12.8 Å². The lowest BCUT2D eigenvalue weighted by Crippen LogP contribution is -2.22. The molecule has 1 aliphatic rings. The quantitative estimate of drug-likeness (QED) is 0.915. The van der Waals surface area contributed by atoms with Crippen LogP contribution >= 0.6 is 0 Å². The molecule has 1 atom stereocenters. The molecule has 0 aliphatic heterocycles. The Morgan fingerprint density at radius 3 is 2.48 bits per heavy atom. The van der Waals surface area contributed by atoms with Gasteiger partial charge in [-0.25, -0.2) is 4.39 Å². The SMILES string of the molecule is O=C(CC[S@@](=O)C1Cc2ccccc2C1)Nc1cccc(F)c1. The van der Waals surface area contributed by atoms with Gasteiger partial charge >= 0.3 is 0 Å². The Kier molecular flexibility index (Phi) is 4.86. The van der Waals surface area contributed by atoms with Gasteiger partial charge in [0, 0.05) is 33.9 Å². The summed E-state index contributed by atoms with van der Waals surface area (Å²) >= 11 is 0. The predicted molar refractivity (Wildman–Crippen MR) is 90.3 cm³/mol. The summed E-state index contributed by atoms with van der Waals surface area (Å²) in [7, 11) is -1.04. The number of carbonyl (C=O) groups is 1. The van der Waals surface area contributed by atoms with Crippen molar-refractivity contribution in [1.82, 2.24) is 0 Å². The highest BCUT2D eigenvalue weighted by Gasteiger charge is 2.26. The Morgan fingerprint density at radius 1 is 1.13 bits per heavy atom. The molecule has 0 saturated heterocycles. The molecule has 5 heteroatoms. The van der Waals surface area contributed by atoms with Crippen LogP contribution in [-0.2, 0) is 28.4 Å². The smallest absolute Gasteiger partial charge is 0.225 e. The summed E-state index contributed by atoms with van der Waals surface area (Å²) in [5, 5.41) is 2.72. The molecule has 0 fully saturated rings. The van der Waals surface area contributed by atoms with Crippen LogP contribution in [0.2, 0.25) is 0 Å². The van der Waals surface area contributed by atoms with Crippen molar-refractivity contribution in [2.75, 3.05) is 11.1 Å². The van der Waals surface area contributed by atoms with Crippen molar-refractivity contribution < 1.29 is 13.4 Å². The second kappa shape index (κ2) is 7.04. The van der Waals surface area contributed by atoms with Crippen molar-refractivity contribution in [2.45, 2.75) is 24.5 Å². The lowest BCUT2D eigenvalue weighted by Gasteiger charge is -2.09. The maximum absolute atomic E-state index is 13.1. The number of carbonyl (C=O) groups excluding carboxylic acids is 1. The Balaban J connectivity index is 1.49. The van der Waals surface area contributed by atoms with Crippen molar-refractivity contribution in [3.05, 3.63) is 65.5 Å². The van der Waals surface area contributed by atoms with E-state index in [9.17, 15) is 13.4 Å². The van der Waals surface area contributed by atoms with Crippen LogP contribution in [0.3, 0.4) is 0 Å². The molecule has 3 rings (SSSR count). The first-order valence-electron chi connectivity index (χ1n) is 7.61. The molecule has 0 aromatic heterocycles. The fraction of sp³-hybridized carbons (Fsp3) is 0.278. The van der Waals surface area contributed by atoms with Gasteiger partial charge in [0.1, 0.15) is 5.82 Å². The fourth-order valence-corrected chi connectivity index (χ4v) is 4.30. The van der Waals surface area contributed by atoms with Crippen LogP contribution in [0.15, 0.2) is 48.5 Å². The van der Waals surface area contributed by atoms with E-state index in [1.165, 1.54) is 23.3 Å². The fourth-order valence-electron chi connectivity index (χ4n) is 2.85. The minimum atomic E-state index is -1.04. The molecule has 0 radical (unpaired) electrons. The number of halogens is 1. The molecule has 1 aliphatic carbocycles. The van der Waals surface area contributed by atoms with E-state index >= 15 is 0 Å². The van der Waals surface area contributed by atoms with Crippen LogP contribution in [0, 0.1) is 5.82 Å². The number of nitrogens with one attached hydrogen (secondary N) is 1. The van der Waals surface area contributed by atoms with Gasteiger partial charge in [-0.3, -0.25) is 9.00 Å². The summed E-state index contributed by atoms with van der Waals surface area (Å²) < 4.78 is 25.5. The van der Waals surface area contributed by atoms with Gasteiger partial charge in [-0.2, -0.15) is 0 Å². The summed E-state index contributed by atoms with van der Waals surface area (Å²) in [6, 6.07) is 13.9. The summed E-state index contributed by atoms with van der Waals surface area (Å²) in [5.41, 5.74) is 2.94. The summed E-state index contributed by atoms with van der Waals surface area (Å²) in [5.74, 6) is -0.297. The molecule has 0 saturated carbocycles. The number of hydrogen-bond acceptors (Lipinski definition) is 2. The number of fused-ring (bicyclic) bond motifs is 1. The third kappa shape index (κ3) is 4.05.